The molecule has 10 nitrogen and oxygen atoms in total. The highest BCUT2D eigenvalue weighted by atomic mass is 16.6. The molecule has 0 saturated heterocycles. The molecule has 0 aromatic heterocycles. The van der Waals surface area contributed by atoms with Crippen LogP contribution in [0, 0.1) is 22.0 Å². The molecular formula is C35H33N3O7. The van der Waals surface area contributed by atoms with Crippen LogP contribution in [0.5, 0.6) is 0 Å². The normalized spacial score (nSPS) is 21.9. The third-order valence-corrected chi connectivity index (χ3v) is 7.83. The fraction of sp³-hybridized carbons (Fsp3) is 0.229. The maximum Gasteiger partial charge on any atom is 0.315 e. The van der Waals surface area contributed by atoms with Crippen LogP contribution in [0.25, 0.3) is 0 Å². The van der Waals surface area contributed by atoms with Crippen LogP contribution in [0.2, 0.25) is 0 Å². The first-order valence-corrected chi connectivity index (χ1v) is 14.5. The van der Waals surface area contributed by atoms with Gasteiger partial charge in [0.1, 0.15) is 19.1 Å². The third-order valence-electron chi connectivity index (χ3n) is 7.83. The number of esters is 2. The number of hydrazone groups is 1. The minimum Gasteiger partial charge on any atom is -0.461 e. The Kier molecular flexibility index (Phi) is 9.64. The van der Waals surface area contributed by atoms with Gasteiger partial charge in [0.2, 0.25) is 0 Å². The molecule has 0 unspecified atom stereocenters. The number of non-ortho nitro benzene ring substituents is 1. The third kappa shape index (κ3) is 7.60. The topological polar surface area (TPSA) is 140 Å². The Bertz CT molecular complexity index is 1640. The highest BCUT2D eigenvalue weighted by molar-refractivity contribution is 6.06. The second-order valence-corrected chi connectivity index (χ2v) is 11.1. The number of hydrogen-bond acceptors (Lipinski definition) is 9. The summed E-state index contributed by atoms with van der Waals surface area (Å²) in [6.07, 6.45) is -0.146. The van der Waals surface area contributed by atoms with E-state index in [0.717, 1.165) is 11.1 Å². The van der Waals surface area contributed by atoms with Gasteiger partial charge in [-0.3, -0.25) is 25.1 Å². The average Bonchev–Trinajstić information content (AvgIpc) is 3.06. The van der Waals surface area contributed by atoms with Crippen LogP contribution in [0.3, 0.4) is 0 Å². The lowest BCUT2D eigenvalue weighted by Gasteiger charge is -2.45. The lowest BCUT2D eigenvalue weighted by Crippen LogP contribution is -2.55. The van der Waals surface area contributed by atoms with Crippen molar-refractivity contribution in [3.8, 4) is 0 Å². The quantitative estimate of drug-likeness (QED) is 0.127. The van der Waals surface area contributed by atoms with Gasteiger partial charge in [-0.1, -0.05) is 91.0 Å². The first kappa shape index (κ1) is 31.1. The zero-order valence-corrected chi connectivity index (χ0v) is 24.6. The van der Waals surface area contributed by atoms with Gasteiger partial charge in [-0.2, -0.15) is 5.10 Å². The monoisotopic (exact) mass is 607 g/mol. The van der Waals surface area contributed by atoms with Crippen LogP contribution in [0.1, 0.15) is 36.0 Å². The van der Waals surface area contributed by atoms with Crippen molar-refractivity contribution in [1.82, 2.24) is 0 Å². The van der Waals surface area contributed by atoms with Crippen LogP contribution >= 0.6 is 0 Å². The Morgan fingerprint density at radius 3 is 1.89 bits per heavy atom. The summed E-state index contributed by atoms with van der Waals surface area (Å²) >= 11 is 0. The van der Waals surface area contributed by atoms with E-state index >= 15 is 0 Å². The van der Waals surface area contributed by atoms with Crippen molar-refractivity contribution >= 4 is 29.0 Å². The summed E-state index contributed by atoms with van der Waals surface area (Å²) in [5, 5.41) is 27.9. The Morgan fingerprint density at radius 1 is 0.844 bits per heavy atom. The van der Waals surface area contributed by atoms with Crippen LogP contribution in [0.15, 0.2) is 120 Å². The van der Waals surface area contributed by atoms with E-state index < -0.39 is 40.2 Å². The van der Waals surface area contributed by atoms with Crippen molar-refractivity contribution in [2.45, 2.75) is 38.1 Å². The van der Waals surface area contributed by atoms with Gasteiger partial charge in [0.05, 0.1) is 27.8 Å². The zero-order chi connectivity index (χ0) is 31.8. The lowest BCUT2D eigenvalue weighted by atomic mass is 9.61. The van der Waals surface area contributed by atoms with E-state index in [-0.39, 0.29) is 31.0 Å². The SMILES string of the molecule is C[C@]1(O)C/C(=N/Nc2ccccc2)[C@H](C(=O)OCc2ccccc2)[C@H](c2ccc([N+](=O)[O-])cc2)[C@@H]1C(=O)OCc1ccccc1. The van der Waals surface area contributed by atoms with Crippen molar-refractivity contribution in [3.05, 3.63) is 142 Å². The molecule has 0 amide bonds. The van der Waals surface area contributed by atoms with Gasteiger partial charge in [-0.05, 0) is 35.7 Å². The Hall–Kier alpha value is -5.35. The van der Waals surface area contributed by atoms with Gasteiger partial charge < -0.3 is 14.6 Å². The summed E-state index contributed by atoms with van der Waals surface area (Å²) in [6, 6.07) is 32.9. The Labute approximate surface area is 260 Å². The molecule has 1 aliphatic carbocycles. The molecule has 2 N–H and O–H groups in total. The smallest absolute Gasteiger partial charge is 0.315 e. The fourth-order valence-corrected chi connectivity index (χ4v) is 5.65. The molecule has 0 spiro atoms. The number of para-hydroxylation sites is 1. The highest BCUT2D eigenvalue weighted by Crippen LogP contribution is 2.47. The first-order valence-electron chi connectivity index (χ1n) is 14.5. The van der Waals surface area contributed by atoms with E-state index in [9.17, 15) is 24.8 Å². The standard InChI is InChI=1S/C35H33N3O7/c1-35(41)21-29(37-36-27-15-9-4-10-16-27)31(33(39)44-22-24-11-5-2-6-12-24)30(26-17-19-28(20-18-26)38(42)43)32(35)34(40)45-23-25-13-7-3-8-14-25/h2-20,30-32,36,41H,21-23H2,1H3/b37-29-/t30-,31-,32+,35-/m0/s1. The molecule has 0 heterocycles. The molecule has 0 bridgehead atoms. The van der Waals surface area contributed by atoms with Gasteiger partial charge in [0, 0.05) is 24.5 Å². The molecule has 45 heavy (non-hydrogen) atoms. The zero-order valence-electron chi connectivity index (χ0n) is 24.6. The van der Waals surface area contributed by atoms with E-state index in [0.29, 0.717) is 11.3 Å². The molecule has 230 valence electrons. The minimum absolute atomic E-state index is 0.0257. The van der Waals surface area contributed by atoms with Crippen molar-refractivity contribution < 1.29 is 29.1 Å². The van der Waals surface area contributed by atoms with Crippen molar-refractivity contribution in [2.75, 3.05) is 5.43 Å². The predicted octanol–water partition coefficient (Wildman–Crippen LogP) is 6.02. The van der Waals surface area contributed by atoms with E-state index in [4.69, 9.17) is 9.47 Å². The number of anilines is 1. The second-order valence-electron chi connectivity index (χ2n) is 11.1. The lowest BCUT2D eigenvalue weighted by molar-refractivity contribution is -0.384. The molecule has 1 fully saturated rings. The Morgan fingerprint density at radius 2 is 1.36 bits per heavy atom. The number of nitrogens with one attached hydrogen (secondary N) is 1. The molecule has 4 aromatic carbocycles. The van der Waals surface area contributed by atoms with E-state index in [1.807, 2.05) is 78.9 Å². The molecule has 10 heteroatoms. The first-order chi connectivity index (χ1) is 21.7. The number of rotatable bonds is 10. The summed E-state index contributed by atoms with van der Waals surface area (Å²) in [7, 11) is 0. The van der Waals surface area contributed by atoms with Gasteiger partial charge in [-0.15, -0.1) is 0 Å². The number of carbonyl (C=O) groups excluding carboxylic acids is 2. The molecule has 1 aliphatic rings. The molecule has 0 radical (unpaired) electrons. The summed E-state index contributed by atoms with van der Waals surface area (Å²) in [4.78, 5) is 38.8. The molecule has 4 atom stereocenters. The fourth-order valence-electron chi connectivity index (χ4n) is 5.65. The number of benzene rings is 4. The molecule has 5 rings (SSSR count). The molecule has 1 saturated carbocycles. The molecule has 0 aliphatic heterocycles. The largest absolute Gasteiger partial charge is 0.461 e. The number of nitro benzene ring substituents is 1. The summed E-state index contributed by atoms with van der Waals surface area (Å²) < 4.78 is 11.5. The number of nitro groups is 1. The number of ether oxygens (including phenoxy) is 2. The van der Waals surface area contributed by atoms with Crippen LogP contribution in [0.4, 0.5) is 11.4 Å². The highest BCUT2D eigenvalue weighted by Gasteiger charge is 2.56. The van der Waals surface area contributed by atoms with E-state index in [1.54, 1.807) is 12.1 Å². The van der Waals surface area contributed by atoms with Gasteiger partial charge in [0.15, 0.2) is 0 Å². The summed E-state index contributed by atoms with van der Waals surface area (Å²) in [6.45, 7) is 1.43. The van der Waals surface area contributed by atoms with Gasteiger partial charge in [-0.25, -0.2) is 0 Å². The van der Waals surface area contributed by atoms with E-state index in [2.05, 4.69) is 10.5 Å². The second kappa shape index (κ2) is 14.0. The minimum atomic E-state index is -1.71. The average molecular weight is 608 g/mol. The maximum atomic E-state index is 14.0. The van der Waals surface area contributed by atoms with Gasteiger partial charge >= 0.3 is 11.9 Å². The maximum absolute atomic E-state index is 14.0. The summed E-state index contributed by atoms with van der Waals surface area (Å²) in [5.74, 6) is -4.79. The number of nitrogens with zero attached hydrogens (tertiary/aromatic N) is 2. The van der Waals surface area contributed by atoms with Crippen molar-refractivity contribution in [2.24, 2.45) is 16.9 Å². The van der Waals surface area contributed by atoms with Crippen molar-refractivity contribution in [1.29, 1.82) is 0 Å². The van der Waals surface area contributed by atoms with Crippen molar-refractivity contribution in [3.63, 3.8) is 0 Å². The van der Waals surface area contributed by atoms with Crippen LogP contribution < -0.4 is 5.43 Å². The molecular weight excluding hydrogens is 574 g/mol. The predicted molar refractivity (Wildman–Crippen MR) is 168 cm³/mol. The molecule has 4 aromatic rings. The van der Waals surface area contributed by atoms with Crippen LogP contribution in [-0.2, 0) is 32.3 Å². The van der Waals surface area contributed by atoms with Gasteiger partial charge in [0.25, 0.3) is 5.69 Å². The van der Waals surface area contributed by atoms with Crippen LogP contribution in [-0.4, -0.2) is 33.3 Å². The Balaban J connectivity index is 1.57. The number of aliphatic hydroxyl groups is 1. The summed E-state index contributed by atoms with van der Waals surface area (Å²) in [5.41, 5.74) is 3.93. The number of hydrogen-bond donors (Lipinski definition) is 2. The van der Waals surface area contributed by atoms with E-state index in [1.165, 1.54) is 31.2 Å². The number of carbonyl (C=O) groups is 2.